The normalized spacial score (nSPS) is 21.1. The van der Waals surface area contributed by atoms with Crippen LogP contribution in [0.25, 0.3) is 11.0 Å². The van der Waals surface area contributed by atoms with Crippen LogP contribution in [0.5, 0.6) is 11.5 Å². The molecule has 1 amide bonds. The zero-order valence-electron chi connectivity index (χ0n) is 18.3. The molecule has 0 radical (unpaired) electrons. The van der Waals surface area contributed by atoms with Crippen molar-refractivity contribution in [1.82, 2.24) is 9.55 Å². The standard InChI is InChI=1S/C26H29N3O3/c30-25-14-19(16-29(25)20-10-11-23-24(15-20)32-17-31-23)26-27-21-8-4-5-9-22(21)28(26)13-12-18-6-2-1-3-7-18/h4-5,8-11,15,18-19H,1-3,6-7,12-14,16-17H2. The van der Waals surface area contributed by atoms with Crippen molar-refractivity contribution in [2.24, 2.45) is 5.92 Å². The number of anilines is 1. The summed E-state index contributed by atoms with van der Waals surface area (Å²) in [5.74, 6) is 3.54. The molecule has 3 heterocycles. The lowest BCUT2D eigenvalue weighted by atomic mass is 9.87. The van der Waals surface area contributed by atoms with E-state index in [2.05, 4.69) is 22.8 Å². The van der Waals surface area contributed by atoms with Gasteiger partial charge in [-0.2, -0.15) is 0 Å². The Bertz CT molecular complexity index is 1150. The molecule has 2 fully saturated rings. The molecule has 2 aliphatic heterocycles. The van der Waals surface area contributed by atoms with Crippen molar-refractivity contribution in [3.8, 4) is 11.5 Å². The second kappa shape index (κ2) is 8.15. The van der Waals surface area contributed by atoms with Gasteiger partial charge in [-0.1, -0.05) is 44.2 Å². The molecule has 1 aromatic heterocycles. The summed E-state index contributed by atoms with van der Waals surface area (Å²) in [6.45, 7) is 1.86. The van der Waals surface area contributed by atoms with Crippen LogP contribution in [-0.2, 0) is 11.3 Å². The summed E-state index contributed by atoms with van der Waals surface area (Å²) in [5, 5.41) is 0. The summed E-state index contributed by atoms with van der Waals surface area (Å²) in [4.78, 5) is 19.9. The summed E-state index contributed by atoms with van der Waals surface area (Å²) in [5.41, 5.74) is 3.08. The third kappa shape index (κ3) is 3.51. The Morgan fingerprint density at radius 1 is 1.00 bits per heavy atom. The predicted molar refractivity (Wildman–Crippen MR) is 123 cm³/mol. The molecule has 32 heavy (non-hydrogen) atoms. The zero-order chi connectivity index (χ0) is 21.5. The van der Waals surface area contributed by atoms with Gasteiger partial charge in [-0.05, 0) is 36.6 Å². The van der Waals surface area contributed by atoms with Gasteiger partial charge in [0.25, 0.3) is 0 Å². The summed E-state index contributed by atoms with van der Waals surface area (Å²) in [7, 11) is 0. The number of carbonyl (C=O) groups is 1. The van der Waals surface area contributed by atoms with Gasteiger partial charge >= 0.3 is 0 Å². The largest absolute Gasteiger partial charge is 0.454 e. The molecule has 2 aromatic carbocycles. The van der Waals surface area contributed by atoms with E-state index in [1.165, 1.54) is 44.0 Å². The van der Waals surface area contributed by atoms with E-state index in [0.717, 1.165) is 35.2 Å². The Balaban J connectivity index is 1.28. The molecule has 1 atom stereocenters. The molecule has 6 heteroatoms. The molecular formula is C26H29N3O3. The number of para-hydroxylation sites is 2. The van der Waals surface area contributed by atoms with Gasteiger partial charge in [0.05, 0.1) is 11.0 Å². The fourth-order valence-corrected chi connectivity index (χ4v) is 5.61. The van der Waals surface area contributed by atoms with Gasteiger partial charge in [-0.3, -0.25) is 4.79 Å². The third-order valence-electron chi connectivity index (χ3n) is 7.33. The number of ether oxygens (including phenoxy) is 2. The number of carbonyl (C=O) groups excluding carboxylic acids is 1. The quantitative estimate of drug-likeness (QED) is 0.553. The molecule has 1 saturated heterocycles. The van der Waals surface area contributed by atoms with Gasteiger partial charge in [-0.25, -0.2) is 4.98 Å². The Morgan fingerprint density at radius 3 is 2.75 bits per heavy atom. The number of nitrogens with zero attached hydrogens (tertiary/aromatic N) is 3. The molecule has 1 saturated carbocycles. The van der Waals surface area contributed by atoms with Crippen LogP contribution in [-0.4, -0.2) is 28.8 Å². The first kappa shape index (κ1) is 19.6. The molecular weight excluding hydrogens is 402 g/mol. The number of benzene rings is 2. The monoisotopic (exact) mass is 431 g/mol. The minimum absolute atomic E-state index is 0.0895. The van der Waals surface area contributed by atoms with Gasteiger partial charge < -0.3 is 18.9 Å². The molecule has 1 unspecified atom stereocenters. The minimum Gasteiger partial charge on any atom is -0.454 e. The fourth-order valence-electron chi connectivity index (χ4n) is 5.61. The van der Waals surface area contributed by atoms with Crippen LogP contribution in [0, 0.1) is 5.92 Å². The van der Waals surface area contributed by atoms with E-state index in [1.54, 1.807) is 0 Å². The molecule has 0 bridgehead atoms. The van der Waals surface area contributed by atoms with Crippen LogP contribution in [0.4, 0.5) is 5.69 Å². The molecule has 6 rings (SSSR count). The van der Waals surface area contributed by atoms with Gasteiger partial charge in [0.1, 0.15) is 5.82 Å². The molecule has 1 aliphatic carbocycles. The Labute approximate surface area is 188 Å². The number of hydrogen-bond donors (Lipinski definition) is 0. The Kier molecular flexibility index (Phi) is 5.01. The first-order valence-corrected chi connectivity index (χ1v) is 11.9. The molecule has 3 aromatic rings. The van der Waals surface area contributed by atoms with Crippen molar-refractivity contribution in [2.75, 3.05) is 18.2 Å². The summed E-state index contributed by atoms with van der Waals surface area (Å²) < 4.78 is 13.3. The van der Waals surface area contributed by atoms with Crippen molar-refractivity contribution < 1.29 is 14.3 Å². The minimum atomic E-state index is 0.0895. The third-order valence-corrected chi connectivity index (χ3v) is 7.33. The maximum absolute atomic E-state index is 13.0. The van der Waals surface area contributed by atoms with Crippen LogP contribution in [0.1, 0.15) is 56.7 Å². The van der Waals surface area contributed by atoms with E-state index >= 15 is 0 Å². The molecule has 0 N–H and O–H groups in total. The van der Waals surface area contributed by atoms with Gasteiger partial charge in [0.2, 0.25) is 12.7 Å². The number of rotatable bonds is 5. The van der Waals surface area contributed by atoms with Gasteiger partial charge in [-0.15, -0.1) is 0 Å². The first-order chi connectivity index (χ1) is 15.8. The van der Waals surface area contributed by atoms with Gasteiger partial charge in [0.15, 0.2) is 11.5 Å². The number of amides is 1. The highest BCUT2D eigenvalue weighted by atomic mass is 16.7. The summed E-state index contributed by atoms with van der Waals surface area (Å²) in [6.07, 6.45) is 8.49. The van der Waals surface area contributed by atoms with Crippen molar-refractivity contribution >= 4 is 22.6 Å². The summed E-state index contributed by atoms with van der Waals surface area (Å²) in [6, 6.07) is 14.1. The van der Waals surface area contributed by atoms with E-state index in [1.807, 2.05) is 29.2 Å². The number of imidazole rings is 1. The lowest BCUT2D eigenvalue weighted by Gasteiger charge is -2.23. The number of aryl methyl sites for hydroxylation is 1. The van der Waals surface area contributed by atoms with Crippen molar-refractivity contribution in [2.45, 2.75) is 57.4 Å². The lowest BCUT2D eigenvalue weighted by molar-refractivity contribution is -0.117. The number of hydrogen-bond acceptors (Lipinski definition) is 4. The lowest BCUT2D eigenvalue weighted by Crippen LogP contribution is -2.24. The second-order valence-electron chi connectivity index (χ2n) is 9.35. The van der Waals surface area contributed by atoms with Crippen LogP contribution in [0.3, 0.4) is 0 Å². The SMILES string of the molecule is O=C1CC(c2nc3ccccc3n2CCC2CCCCC2)CN1c1ccc2c(c1)OCO2. The van der Waals surface area contributed by atoms with E-state index < -0.39 is 0 Å². The highest BCUT2D eigenvalue weighted by Crippen LogP contribution is 2.39. The van der Waals surface area contributed by atoms with Crippen molar-refractivity contribution in [3.05, 3.63) is 48.3 Å². The van der Waals surface area contributed by atoms with Crippen molar-refractivity contribution in [3.63, 3.8) is 0 Å². The number of aromatic nitrogens is 2. The first-order valence-electron chi connectivity index (χ1n) is 11.9. The maximum atomic E-state index is 13.0. The highest BCUT2D eigenvalue weighted by molar-refractivity contribution is 5.97. The fraction of sp³-hybridized carbons (Fsp3) is 0.462. The number of fused-ring (bicyclic) bond motifs is 2. The zero-order valence-corrected chi connectivity index (χ0v) is 18.3. The topological polar surface area (TPSA) is 56.6 Å². The van der Waals surface area contributed by atoms with E-state index in [4.69, 9.17) is 14.5 Å². The smallest absolute Gasteiger partial charge is 0.231 e. The average molecular weight is 432 g/mol. The second-order valence-corrected chi connectivity index (χ2v) is 9.35. The molecule has 166 valence electrons. The highest BCUT2D eigenvalue weighted by Gasteiger charge is 2.35. The Hall–Kier alpha value is -3.02. The Morgan fingerprint density at radius 2 is 1.84 bits per heavy atom. The van der Waals surface area contributed by atoms with E-state index in [0.29, 0.717) is 18.7 Å². The maximum Gasteiger partial charge on any atom is 0.231 e. The molecule has 0 spiro atoms. The molecule has 6 nitrogen and oxygen atoms in total. The summed E-state index contributed by atoms with van der Waals surface area (Å²) >= 11 is 0. The van der Waals surface area contributed by atoms with Crippen LogP contribution in [0.2, 0.25) is 0 Å². The van der Waals surface area contributed by atoms with Crippen LogP contribution in [0.15, 0.2) is 42.5 Å². The van der Waals surface area contributed by atoms with E-state index in [9.17, 15) is 4.79 Å². The van der Waals surface area contributed by atoms with Gasteiger partial charge in [0, 0.05) is 37.2 Å². The van der Waals surface area contributed by atoms with E-state index in [-0.39, 0.29) is 18.6 Å². The molecule has 3 aliphatic rings. The van der Waals surface area contributed by atoms with Crippen molar-refractivity contribution in [1.29, 1.82) is 0 Å². The van der Waals surface area contributed by atoms with Crippen LogP contribution >= 0.6 is 0 Å². The predicted octanol–water partition coefficient (Wildman–Crippen LogP) is 5.26. The van der Waals surface area contributed by atoms with Crippen LogP contribution < -0.4 is 14.4 Å². The average Bonchev–Trinajstić information content (AvgIpc) is 3.54.